The van der Waals surface area contributed by atoms with Crippen molar-refractivity contribution in [1.82, 2.24) is 9.88 Å². The van der Waals surface area contributed by atoms with Crippen LogP contribution in [0.25, 0.3) is 0 Å². The number of likely N-dealkylation sites (tertiary alicyclic amines) is 1. The van der Waals surface area contributed by atoms with Crippen LogP contribution in [-0.4, -0.2) is 53.0 Å². The first kappa shape index (κ1) is 23.5. The lowest BCUT2D eigenvalue weighted by molar-refractivity contribution is -0.139. The molecule has 1 fully saturated rings. The van der Waals surface area contributed by atoms with Gasteiger partial charge in [-0.25, -0.2) is 9.78 Å². The molecule has 0 bridgehead atoms. The number of carbonyl (C=O) groups is 3. The zero-order chi connectivity index (χ0) is 23.1. The van der Waals surface area contributed by atoms with E-state index in [0.717, 1.165) is 19.3 Å². The molecule has 0 spiro atoms. The summed E-state index contributed by atoms with van der Waals surface area (Å²) in [4.78, 5) is 42.4. The molecular formula is C23H26ClN3O5. The molecule has 170 valence electrons. The normalized spacial score (nSPS) is 18.0. The van der Waals surface area contributed by atoms with Gasteiger partial charge in [-0.3, -0.25) is 9.59 Å². The van der Waals surface area contributed by atoms with E-state index in [9.17, 15) is 14.4 Å². The second kappa shape index (κ2) is 10.9. The van der Waals surface area contributed by atoms with Gasteiger partial charge in [0.15, 0.2) is 13.2 Å². The summed E-state index contributed by atoms with van der Waals surface area (Å²) in [6.07, 6.45) is 4.53. The van der Waals surface area contributed by atoms with E-state index in [-0.39, 0.29) is 30.2 Å². The third-order valence-electron chi connectivity index (χ3n) is 5.26. The molecular weight excluding hydrogens is 434 g/mol. The smallest absolute Gasteiger partial charge is 0.338 e. The van der Waals surface area contributed by atoms with E-state index >= 15 is 0 Å². The van der Waals surface area contributed by atoms with Crippen molar-refractivity contribution in [2.75, 3.05) is 18.5 Å². The summed E-state index contributed by atoms with van der Waals surface area (Å²) < 4.78 is 10.6. The van der Waals surface area contributed by atoms with Crippen molar-refractivity contribution in [3.63, 3.8) is 0 Å². The molecule has 8 nitrogen and oxygen atoms in total. The Labute approximate surface area is 191 Å². The minimum Gasteiger partial charge on any atom is -0.484 e. The van der Waals surface area contributed by atoms with Crippen LogP contribution in [0.3, 0.4) is 0 Å². The summed E-state index contributed by atoms with van der Waals surface area (Å²) in [5, 5.41) is 2.95. The summed E-state index contributed by atoms with van der Waals surface area (Å²) in [7, 11) is 0. The highest BCUT2D eigenvalue weighted by Crippen LogP contribution is 2.23. The molecule has 2 heterocycles. The fourth-order valence-corrected chi connectivity index (χ4v) is 3.77. The second-order valence-electron chi connectivity index (χ2n) is 7.73. The van der Waals surface area contributed by atoms with Crippen LogP contribution in [0.15, 0.2) is 42.6 Å². The minimum atomic E-state index is -0.650. The SMILES string of the molecule is C[C@@H]1CCC[C@H](C)N1C(=O)COc1ccc(C(=O)OCC(=O)Nc2ccc(Cl)cn2)cc1. The molecule has 0 radical (unpaired) electrons. The van der Waals surface area contributed by atoms with Crippen molar-refractivity contribution in [1.29, 1.82) is 0 Å². The third kappa shape index (κ3) is 6.43. The van der Waals surface area contributed by atoms with Crippen molar-refractivity contribution in [3.8, 4) is 5.75 Å². The molecule has 0 saturated carbocycles. The van der Waals surface area contributed by atoms with E-state index in [1.165, 1.54) is 24.4 Å². The molecule has 32 heavy (non-hydrogen) atoms. The lowest BCUT2D eigenvalue weighted by atomic mass is 9.97. The van der Waals surface area contributed by atoms with Gasteiger partial charge in [0, 0.05) is 18.3 Å². The number of anilines is 1. The first-order chi connectivity index (χ1) is 15.3. The number of ether oxygens (including phenoxy) is 2. The number of hydrogen-bond acceptors (Lipinski definition) is 6. The van der Waals surface area contributed by atoms with Crippen LogP contribution in [0.4, 0.5) is 5.82 Å². The van der Waals surface area contributed by atoms with Crippen molar-refractivity contribution in [2.45, 2.75) is 45.2 Å². The average molecular weight is 460 g/mol. The topological polar surface area (TPSA) is 97.8 Å². The summed E-state index contributed by atoms with van der Waals surface area (Å²) >= 11 is 5.74. The van der Waals surface area contributed by atoms with Crippen LogP contribution in [0.1, 0.15) is 43.5 Å². The van der Waals surface area contributed by atoms with Gasteiger partial charge in [-0.05, 0) is 69.5 Å². The molecule has 2 atom stereocenters. The fraction of sp³-hybridized carbons (Fsp3) is 0.391. The zero-order valence-corrected chi connectivity index (χ0v) is 18.8. The number of aromatic nitrogens is 1. The van der Waals surface area contributed by atoms with E-state index in [1.54, 1.807) is 18.2 Å². The lowest BCUT2D eigenvalue weighted by Crippen LogP contribution is -2.49. The van der Waals surface area contributed by atoms with Crippen molar-refractivity contribution in [3.05, 3.63) is 53.2 Å². The fourth-order valence-electron chi connectivity index (χ4n) is 3.66. The van der Waals surface area contributed by atoms with Gasteiger partial charge in [-0.1, -0.05) is 11.6 Å². The van der Waals surface area contributed by atoms with E-state index in [0.29, 0.717) is 16.6 Å². The number of nitrogens with zero attached hydrogens (tertiary/aromatic N) is 2. The maximum atomic E-state index is 12.5. The van der Waals surface area contributed by atoms with E-state index in [1.807, 2.05) is 4.90 Å². The van der Waals surface area contributed by atoms with E-state index in [2.05, 4.69) is 24.1 Å². The molecule has 2 aromatic rings. The quantitative estimate of drug-likeness (QED) is 0.634. The Hall–Kier alpha value is -3.13. The summed E-state index contributed by atoms with van der Waals surface area (Å²) in [6.45, 7) is 3.60. The monoisotopic (exact) mass is 459 g/mol. The predicted molar refractivity (Wildman–Crippen MR) is 120 cm³/mol. The molecule has 0 aliphatic carbocycles. The number of hydrogen-bond donors (Lipinski definition) is 1. The third-order valence-corrected chi connectivity index (χ3v) is 5.49. The largest absolute Gasteiger partial charge is 0.484 e. The molecule has 1 saturated heterocycles. The Kier molecular flexibility index (Phi) is 8.05. The highest BCUT2D eigenvalue weighted by molar-refractivity contribution is 6.30. The van der Waals surface area contributed by atoms with Gasteiger partial charge in [-0.15, -0.1) is 0 Å². The average Bonchev–Trinajstić information content (AvgIpc) is 2.78. The van der Waals surface area contributed by atoms with Crippen molar-refractivity contribution >= 4 is 35.2 Å². The Morgan fingerprint density at radius 3 is 2.38 bits per heavy atom. The van der Waals surface area contributed by atoms with Gasteiger partial charge in [0.25, 0.3) is 11.8 Å². The van der Waals surface area contributed by atoms with Crippen molar-refractivity contribution < 1.29 is 23.9 Å². The summed E-state index contributed by atoms with van der Waals surface area (Å²) in [5.74, 6) is -0.441. The summed E-state index contributed by atoms with van der Waals surface area (Å²) in [5.41, 5.74) is 0.263. The molecule has 0 unspecified atom stereocenters. The number of halogens is 1. The molecule has 1 aromatic carbocycles. The molecule has 3 rings (SSSR count). The highest BCUT2D eigenvalue weighted by atomic mass is 35.5. The van der Waals surface area contributed by atoms with Gasteiger partial charge in [-0.2, -0.15) is 0 Å². The van der Waals surface area contributed by atoms with E-state index < -0.39 is 18.5 Å². The Morgan fingerprint density at radius 1 is 1.06 bits per heavy atom. The van der Waals surface area contributed by atoms with Crippen LogP contribution in [0, 0.1) is 0 Å². The number of esters is 1. The van der Waals surface area contributed by atoms with Gasteiger partial charge < -0.3 is 19.7 Å². The summed E-state index contributed by atoms with van der Waals surface area (Å²) in [6, 6.07) is 9.76. The number of carbonyl (C=O) groups excluding carboxylic acids is 3. The van der Waals surface area contributed by atoms with Gasteiger partial charge >= 0.3 is 5.97 Å². The Morgan fingerprint density at radius 2 is 1.75 bits per heavy atom. The van der Waals surface area contributed by atoms with Crippen LogP contribution in [0.5, 0.6) is 5.75 Å². The standard InChI is InChI=1S/C23H26ClN3O5/c1-15-4-3-5-16(2)27(15)22(29)14-31-19-9-6-17(7-10-19)23(30)32-13-21(28)26-20-11-8-18(24)12-25-20/h6-12,15-16H,3-5,13-14H2,1-2H3,(H,25,26,28)/t15-,16+. The second-order valence-corrected chi connectivity index (χ2v) is 8.17. The Bertz CT molecular complexity index is 939. The maximum Gasteiger partial charge on any atom is 0.338 e. The minimum absolute atomic E-state index is 0.0469. The Balaban J connectivity index is 1.45. The first-order valence-corrected chi connectivity index (χ1v) is 10.8. The molecule has 1 aromatic heterocycles. The number of amides is 2. The highest BCUT2D eigenvalue weighted by Gasteiger charge is 2.29. The number of rotatable bonds is 7. The predicted octanol–water partition coefficient (Wildman–Crippen LogP) is 3.70. The number of benzene rings is 1. The number of nitrogens with one attached hydrogen (secondary N) is 1. The zero-order valence-electron chi connectivity index (χ0n) is 18.0. The van der Waals surface area contributed by atoms with Gasteiger partial charge in [0.2, 0.25) is 0 Å². The first-order valence-electron chi connectivity index (χ1n) is 10.5. The number of piperidine rings is 1. The van der Waals surface area contributed by atoms with Crippen LogP contribution in [-0.2, 0) is 14.3 Å². The molecule has 9 heteroatoms. The molecule has 1 aliphatic heterocycles. The maximum absolute atomic E-state index is 12.5. The van der Waals surface area contributed by atoms with E-state index in [4.69, 9.17) is 21.1 Å². The van der Waals surface area contributed by atoms with Crippen LogP contribution >= 0.6 is 11.6 Å². The number of pyridine rings is 1. The molecule has 1 N–H and O–H groups in total. The van der Waals surface area contributed by atoms with Gasteiger partial charge in [0.05, 0.1) is 10.6 Å². The molecule has 1 aliphatic rings. The van der Waals surface area contributed by atoms with Crippen molar-refractivity contribution in [2.24, 2.45) is 0 Å². The van der Waals surface area contributed by atoms with Crippen LogP contribution < -0.4 is 10.1 Å². The van der Waals surface area contributed by atoms with Crippen LogP contribution in [0.2, 0.25) is 5.02 Å². The lowest BCUT2D eigenvalue weighted by Gasteiger charge is -2.38. The molecule has 2 amide bonds. The van der Waals surface area contributed by atoms with Gasteiger partial charge in [0.1, 0.15) is 11.6 Å².